The average molecular weight is 267 g/mol. The fraction of sp³-hybridized carbons (Fsp3) is 0.538. The Morgan fingerprint density at radius 2 is 2.33 bits per heavy atom. The number of rotatable bonds is 4. The Morgan fingerprint density at radius 1 is 1.50 bits per heavy atom. The van der Waals surface area contributed by atoms with Gasteiger partial charge in [0.15, 0.2) is 0 Å². The van der Waals surface area contributed by atoms with Crippen LogP contribution in [0.3, 0.4) is 0 Å². The number of ether oxygens (including phenoxy) is 1. The lowest BCUT2D eigenvalue weighted by Gasteiger charge is -2.27. The molecule has 1 N–H and O–H groups in total. The summed E-state index contributed by atoms with van der Waals surface area (Å²) in [4.78, 5) is 14.9. The van der Waals surface area contributed by atoms with Crippen LogP contribution < -0.4 is 0 Å². The SMILES string of the molecule is COC1CCCC(Sc2ccc(C(=O)O)cn2)C1. The minimum Gasteiger partial charge on any atom is -0.478 e. The van der Waals surface area contributed by atoms with Gasteiger partial charge in [-0.15, -0.1) is 11.8 Å². The van der Waals surface area contributed by atoms with E-state index in [4.69, 9.17) is 9.84 Å². The molecule has 0 bridgehead atoms. The van der Waals surface area contributed by atoms with Gasteiger partial charge in [-0.2, -0.15) is 0 Å². The second-order valence-electron chi connectivity index (χ2n) is 4.45. The summed E-state index contributed by atoms with van der Waals surface area (Å²) >= 11 is 1.72. The minimum absolute atomic E-state index is 0.234. The van der Waals surface area contributed by atoms with Crippen LogP contribution in [0.25, 0.3) is 0 Å². The van der Waals surface area contributed by atoms with Crippen molar-refractivity contribution in [3.05, 3.63) is 23.9 Å². The third-order valence-electron chi connectivity index (χ3n) is 3.18. The Morgan fingerprint density at radius 3 is 2.94 bits per heavy atom. The second-order valence-corrected chi connectivity index (χ2v) is 5.78. The van der Waals surface area contributed by atoms with Crippen molar-refractivity contribution in [2.45, 2.75) is 42.1 Å². The second kappa shape index (κ2) is 6.20. The molecule has 18 heavy (non-hydrogen) atoms. The predicted molar refractivity (Wildman–Crippen MR) is 70.1 cm³/mol. The van der Waals surface area contributed by atoms with Gasteiger partial charge >= 0.3 is 5.97 Å². The van der Waals surface area contributed by atoms with Crippen LogP contribution in [0.15, 0.2) is 23.4 Å². The van der Waals surface area contributed by atoms with Gasteiger partial charge in [-0.3, -0.25) is 0 Å². The number of hydrogen-bond donors (Lipinski definition) is 1. The van der Waals surface area contributed by atoms with E-state index in [0.29, 0.717) is 11.4 Å². The predicted octanol–water partition coefficient (Wildman–Crippen LogP) is 2.83. The van der Waals surface area contributed by atoms with Crippen LogP contribution in [0.2, 0.25) is 0 Å². The number of methoxy groups -OCH3 is 1. The van der Waals surface area contributed by atoms with Gasteiger partial charge in [-0.1, -0.05) is 0 Å². The van der Waals surface area contributed by atoms with Crippen LogP contribution in [0.5, 0.6) is 0 Å². The first-order valence-electron chi connectivity index (χ1n) is 6.08. The number of carbonyl (C=O) groups is 1. The van der Waals surface area contributed by atoms with Gasteiger partial charge < -0.3 is 9.84 Å². The topological polar surface area (TPSA) is 59.4 Å². The number of thioether (sulfide) groups is 1. The van der Waals surface area contributed by atoms with Gasteiger partial charge in [0.2, 0.25) is 0 Å². The van der Waals surface area contributed by atoms with Gasteiger partial charge in [-0.25, -0.2) is 9.78 Å². The summed E-state index contributed by atoms with van der Waals surface area (Å²) in [5.74, 6) is -0.934. The molecule has 1 aromatic rings. The monoisotopic (exact) mass is 267 g/mol. The van der Waals surface area contributed by atoms with E-state index in [9.17, 15) is 4.79 Å². The largest absolute Gasteiger partial charge is 0.478 e. The standard InChI is InChI=1S/C13H17NO3S/c1-17-10-3-2-4-11(7-10)18-12-6-5-9(8-14-12)13(15)16/h5-6,8,10-11H,2-4,7H2,1H3,(H,15,16). The average Bonchev–Trinajstić information content (AvgIpc) is 2.39. The van der Waals surface area contributed by atoms with Crippen molar-refractivity contribution >= 4 is 17.7 Å². The first-order valence-corrected chi connectivity index (χ1v) is 6.96. The van der Waals surface area contributed by atoms with Gasteiger partial charge in [0.25, 0.3) is 0 Å². The molecule has 2 rings (SSSR count). The van der Waals surface area contributed by atoms with E-state index in [1.54, 1.807) is 31.0 Å². The quantitative estimate of drug-likeness (QED) is 0.909. The van der Waals surface area contributed by atoms with E-state index in [0.717, 1.165) is 17.9 Å². The van der Waals surface area contributed by atoms with Crippen molar-refractivity contribution in [1.82, 2.24) is 4.98 Å². The highest BCUT2D eigenvalue weighted by Crippen LogP contribution is 2.33. The molecule has 5 heteroatoms. The zero-order chi connectivity index (χ0) is 13.0. The Hall–Kier alpha value is -1.07. The van der Waals surface area contributed by atoms with Gasteiger partial charge in [0, 0.05) is 18.6 Å². The lowest BCUT2D eigenvalue weighted by atomic mass is 9.97. The summed E-state index contributed by atoms with van der Waals surface area (Å²) in [6, 6.07) is 3.39. The van der Waals surface area contributed by atoms with E-state index >= 15 is 0 Å². The van der Waals surface area contributed by atoms with E-state index in [1.807, 2.05) is 0 Å². The van der Waals surface area contributed by atoms with Crippen LogP contribution in [0.4, 0.5) is 0 Å². The molecule has 1 heterocycles. The van der Waals surface area contributed by atoms with E-state index in [-0.39, 0.29) is 5.56 Å². The van der Waals surface area contributed by atoms with Crippen LogP contribution in [0, 0.1) is 0 Å². The molecule has 0 spiro atoms. The number of aromatic carboxylic acids is 1. The molecule has 0 saturated heterocycles. The van der Waals surface area contributed by atoms with Crippen LogP contribution >= 0.6 is 11.8 Å². The minimum atomic E-state index is -0.934. The molecule has 2 unspecified atom stereocenters. The molecule has 1 aromatic heterocycles. The first-order chi connectivity index (χ1) is 8.69. The summed E-state index contributed by atoms with van der Waals surface area (Å²) < 4.78 is 5.40. The molecule has 1 aliphatic carbocycles. The Balaban J connectivity index is 1.94. The molecule has 1 fully saturated rings. The number of carboxylic acid groups (broad SMARTS) is 1. The van der Waals surface area contributed by atoms with Gasteiger partial charge in [0.05, 0.1) is 16.7 Å². The summed E-state index contributed by atoms with van der Waals surface area (Å²) in [6.07, 6.45) is 6.31. The highest BCUT2D eigenvalue weighted by Gasteiger charge is 2.22. The zero-order valence-corrected chi connectivity index (χ0v) is 11.2. The smallest absolute Gasteiger partial charge is 0.337 e. The van der Waals surface area contributed by atoms with Crippen LogP contribution in [-0.2, 0) is 4.74 Å². The Kier molecular flexibility index (Phi) is 4.60. The molecular weight excluding hydrogens is 250 g/mol. The van der Waals surface area contributed by atoms with Gasteiger partial charge in [0.1, 0.15) is 0 Å². The lowest BCUT2D eigenvalue weighted by molar-refractivity contribution is 0.0696. The first kappa shape index (κ1) is 13.4. The number of nitrogens with zero attached hydrogens (tertiary/aromatic N) is 1. The maximum atomic E-state index is 10.7. The molecule has 0 amide bonds. The molecule has 4 nitrogen and oxygen atoms in total. The lowest BCUT2D eigenvalue weighted by Crippen LogP contribution is -2.23. The van der Waals surface area contributed by atoms with Gasteiger partial charge in [-0.05, 0) is 37.8 Å². The Bertz CT molecular complexity index is 407. The Labute approximate surface area is 111 Å². The summed E-state index contributed by atoms with van der Waals surface area (Å²) in [5, 5.41) is 10.2. The van der Waals surface area contributed by atoms with Crippen molar-refractivity contribution in [2.24, 2.45) is 0 Å². The van der Waals surface area contributed by atoms with Crippen molar-refractivity contribution in [3.63, 3.8) is 0 Å². The van der Waals surface area contributed by atoms with E-state index < -0.39 is 5.97 Å². The molecular formula is C13H17NO3S. The molecule has 1 aliphatic rings. The molecule has 0 radical (unpaired) electrons. The van der Waals surface area contributed by atoms with Crippen molar-refractivity contribution in [3.8, 4) is 0 Å². The third-order valence-corrected chi connectivity index (χ3v) is 4.43. The molecule has 98 valence electrons. The zero-order valence-electron chi connectivity index (χ0n) is 10.3. The molecule has 0 aromatic carbocycles. The number of pyridine rings is 1. The molecule has 2 atom stereocenters. The fourth-order valence-corrected chi connectivity index (χ4v) is 3.37. The maximum absolute atomic E-state index is 10.7. The molecule has 0 aliphatic heterocycles. The summed E-state index contributed by atoms with van der Waals surface area (Å²) in [6.45, 7) is 0. The van der Waals surface area contributed by atoms with E-state index in [1.165, 1.54) is 19.0 Å². The number of carboxylic acids is 1. The van der Waals surface area contributed by atoms with Crippen molar-refractivity contribution in [1.29, 1.82) is 0 Å². The third kappa shape index (κ3) is 3.46. The van der Waals surface area contributed by atoms with Crippen LogP contribution in [0.1, 0.15) is 36.0 Å². The fourth-order valence-electron chi connectivity index (χ4n) is 2.17. The summed E-state index contributed by atoms with van der Waals surface area (Å²) in [5.41, 5.74) is 0.234. The maximum Gasteiger partial charge on any atom is 0.337 e. The number of hydrogen-bond acceptors (Lipinski definition) is 4. The number of aromatic nitrogens is 1. The normalized spacial score (nSPS) is 23.8. The van der Waals surface area contributed by atoms with Crippen molar-refractivity contribution < 1.29 is 14.6 Å². The highest BCUT2D eigenvalue weighted by atomic mass is 32.2. The highest BCUT2D eigenvalue weighted by molar-refractivity contribution is 7.99. The van der Waals surface area contributed by atoms with Crippen LogP contribution in [-0.4, -0.2) is 34.5 Å². The van der Waals surface area contributed by atoms with Crippen molar-refractivity contribution in [2.75, 3.05) is 7.11 Å². The van der Waals surface area contributed by atoms with E-state index in [2.05, 4.69) is 4.98 Å². The molecule has 1 saturated carbocycles. The summed E-state index contributed by atoms with van der Waals surface area (Å²) in [7, 11) is 1.76.